The number of nitrogens with two attached hydrogens (primary N) is 1. The third kappa shape index (κ3) is 2.27. The zero-order valence-electron chi connectivity index (χ0n) is 11.8. The van der Waals surface area contributed by atoms with Crippen LogP contribution in [0, 0.1) is 0 Å². The van der Waals surface area contributed by atoms with Gasteiger partial charge in [0.1, 0.15) is 5.52 Å². The van der Waals surface area contributed by atoms with E-state index in [1.165, 1.54) is 5.56 Å². The van der Waals surface area contributed by atoms with Crippen LogP contribution in [0.2, 0.25) is 0 Å². The molecule has 0 radical (unpaired) electrons. The Balaban J connectivity index is 2.04. The first kappa shape index (κ1) is 12.7. The van der Waals surface area contributed by atoms with Gasteiger partial charge in [-0.1, -0.05) is 19.9 Å². The quantitative estimate of drug-likeness (QED) is 0.705. The molecule has 0 aliphatic carbocycles. The summed E-state index contributed by atoms with van der Waals surface area (Å²) in [6, 6.07) is 13.8. The molecule has 0 saturated carbocycles. The molecule has 3 heteroatoms. The zero-order chi connectivity index (χ0) is 14.1. The number of benzene rings is 2. The van der Waals surface area contributed by atoms with Crippen molar-refractivity contribution in [3.63, 3.8) is 0 Å². The van der Waals surface area contributed by atoms with E-state index in [9.17, 15) is 0 Å². The van der Waals surface area contributed by atoms with Crippen LogP contribution in [0.4, 0.5) is 5.69 Å². The molecule has 0 spiro atoms. The van der Waals surface area contributed by atoms with Crippen molar-refractivity contribution in [2.24, 2.45) is 0 Å². The van der Waals surface area contributed by atoms with Crippen LogP contribution in [0.1, 0.15) is 31.7 Å². The minimum absolute atomic E-state index is 0.538. The Hall–Kier alpha value is -2.29. The fraction of sp³-hybridized carbons (Fsp3) is 0.235. The van der Waals surface area contributed by atoms with Crippen molar-refractivity contribution < 1.29 is 4.42 Å². The molecule has 0 aliphatic heterocycles. The molecule has 2 aromatic carbocycles. The van der Waals surface area contributed by atoms with Crippen molar-refractivity contribution in [1.29, 1.82) is 0 Å². The van der Waals surface area contributed by atoms with Crippen LogP contribution in [0.3, 0.4) is 0 Å². The molecular formula is C17H18N2O. The highest BCUT2D eigenvalue weighted by Gasteiger charge is 2.10. The Morgan fingerprint density at radius 2 is 1.90 bits per heavy atom. The van der Waals surface area contributed by atoms with Gasteiger partial charge in [0.15, 0.2) is 5.58 Å². The second-order valence-corrected chi connectivity index (χ2v) is 5.18. The lowest BCUT2D eigenvalue weighted by Gasteiger charge is -2.07. The van der Waals surface area contributed by atoms with Gasteiger partial charge in [-0.3, -0.25) is 0 Å². The fourth-order valence-corrected chi connectivity index (χ4v) is 2.24. The summed E-state index contributed by atoms with van der Waals surface area (Å²) in [5, 5.41) is 0. The molecule has 1 atom stereocenters. The molecule has 3 aromatic rings. The molecule has 0 amide bonds. The Bertz CT molecular complexity index is 728. The number of hydrogen-bond acceptors (Lipinski definition) is 3. The number of nitrogens with zero attached hydrogens (tertiary/aromatic N) is 1. The Labute approximate surface area is 118 Å². The van der Waals surface area contributed by atoms with Crippen LogP contribution in [0.15, 0.2) is 46.9 Å². The molecule has 20 heavy (non-hydrogen) atoms. The maximum atomic E-state index is 5.81. The summed E-state index contributed by atoms with van der Waals surface area (Å²) >= 11 is 0. The van der Waals surface area contributed by atoms with Gasteiger partial charge in [-0.05, 0) is 54.3 Å². The van der Waals surface area contributed by atoms with Gasteiger partial charge in [0.2, 0.25) is 5.89 Å². The van der Waals surface area contributed by atoms with Crippen molar-refractivity contribution in [2.75, 3.05) is 5.73 Å². The standard InChI is InChI=1S/C17H18N2O/c1-3-11(2)13-6-9-16-15(10-13)19-17(20-16)12-4-7-14(18)8-5-12/h4-11H,3,18H2,1-2H3/t11-/m1/s1. The zero-order valence-corrected chi connectivity index (χ0v) is 11.8. The number of rotatable bonds is 3. The van der Waals surface area contributed by atoms with Gasteiger partial charge >= 0.3 is 0 Å². The first-order valence-corrected chi connectivity index (χ1v) is 6.93. The van der Waals surface area contributed by atoms with Crippen LogP contribution in [-0.4, -0.2) is 4.98 Å². The minimum Gasteiger partial charge on any atom is -0.436 e. The summed E-state index contributed by atoms with van der Waals surface area (Å²) in [6.07, 6.45) is 1.12. The Morgan fingerprint density at radius 1 is 1.15 bits per heavy atom. The van der Waals surface area contributed by atoms with Crippen LogP contribution in [0.5, 0.6) is 0 Å². The molecule has 3 nitrogen and oxygen atoms in total. The number of oxazole rings is 1. The molecule has 1 heterocycles. The highest BCUT2D eigenvalue weighted by atomic mass is 16.3. The maximum absolute atomic E-state index is 5.81. The number of anilines is 1. The van der Waals surface area contributed by atoms with E-state index < -0.39 is 0 Å². The molecule has 102 valence electrons. The monoisotopic (exact) mass is 266 g/mol. The molecule has 0 fully saturated rings. The van der Waals surface area contributed by atoms with E-state index in [2.05, 4.69) is 31.0 Å². The lowest BCUT2D eigenvalue weighted by atomic mass is 9.98. The topological polar surface area (TPSA) is 52.0 Å². The molecule has 2 N–H and O–H groups in total. The molecule has 0 unspecified atom stereocenters. The van der Waals surface area contributed by atoms with Gasteiger partial charge < -0.3 is 10.2 Å². The normalized spacial score (nSPS) is 12.7. The van der Waals surface area contributed by atoms with Crippen molar-refractivity contribution in [3.8, 4) is 11.5 Å². The summed E-state index contributed by atoms with van der Waals surface area (Å²) in [7, 11) is 0. The third-order valence-corrected chi connectivity index (χ3v) is 3.75. The summed E-state index contributed by atoms with van der Waals surface area (Å²) in [6.45, 7) is 4.42. The van der Waals surface area contributed by atoms with E-state index in [0.717, 1.165) is 28.8 Å². The summed E-state index contributed by atoms with van der Waals surface area (Å²) in [4.78, 5) is 4.58. The molecule has 1 aromatic heterocycles. The fourth-order valence-electron chi connectivity index (χ4n) is 2.24. The van der Waals surface area contributed by atoms with Gasteiger partial charge in [0.25, 0.3) is 0 Å². The highest BCUT2D eigenvalue weighted by Crippen LogP contribution is 2.28. The smallest absolute Gasteiger partial charge is 0.227 e. The van der Waals surface area contributed by atoms with Crippen molar-refractivity contribution in [1.82, 2.24) is 4.98 Å². The van der Waals surface area contributed by atoms with Gasteiger partial charge in [-0.15, -0.1) is 0 Å². The summed E-state index contributed by atoms with van der Waals surface area (Å²) in [5.41, 5.74) is 10.4. The van der Waals surface area contributed by atoms with E-state index in [4.69, 9.17) is 10.2 Å². The predicted molar refractivity (Wildman–Crippen MR) is 82.6 cm³/mol. The SMILES string of the molecule is CC[C@@H](C)c1ccc2oc(-c3ccc(N)cc3)nc2c1. The largest absolute Gasteiger partial charge is 0.436 e. The Morgan fingerprint density at radius 3 is 2.60 bits per heavy atom. The second-order valence-electron chi connectivity index (χ2n) is 5.18. The molecular weight excluding hydrogens is 248 g/mol. The van der Waals surface area contributed by atoms with Crippen LogP contribution >= 0.6 is 0 Å². The second kappa shape index (κ2) is 5.00. The molecule has 3 rings (SSSR count). The lowest BCUT2D eigenvalue weighted by Crippen LogP contribution is -1.90. The Kier molecular flexibility index (Phi) is 3.18. The van der Waals surface area contributed by atoms with E-state index in [-0.39, 0.29) is 0 Å². The summed E-state index contributed by atoms with van der Waals surface area (Å²) < 4.78 is 5.81. The predicted octanol–water partition coefficient (Wildman–Crippen LogP) is 4.59. The van der Waals surface area contributed by atoms with E-state index in [1.807, 2.05) is 30.3 Å². The number of aromatic nitrogens is 1. The first-order chi connectivity index (χ1) is 9.67. The van der Waals surface area contributed by atoms with Gasteiger partial charge in [-0.2, -0.15) is 0 Å². The average Bonchev–Trinajstić information content (AvgIpc) is 2.90. The van der Waals surface area contributed by atoms with Gasteiger partial charge in [0, 0.05) is 11.3 Å². The summed E-state index contributed by atoms with van der Waals surface area (Å²) in [5.74, 6) is 1.18. The van der Waals surface area contributed by atoms with Crippen LogP contribution < -0.4 is 5.73 Å². The van der Waals surface area contributed by atoms with E-state index in [1.54, 1.807) is 0 Å². The molecule has 0 aliphatic rings. The highest BCUT2D eigenvalue weighted by molar-refractivity contribution is 5.77. The van der Waals surface area contributed by atoms with Gasteiger partial charge in [-0.25, -0.2) is 4.98 Å². The average molecular weight is 266 g/mol. The van der Waals surface area contributed by atoms with E-state index >= 15 is 0 Å². The van der Waals surface area contributed by atoms with E-state index in [0.29, 0.717) is 11.8 Å². The van der Waals surface area contributed by atoms with Crippen molar-refractivity contribution in [2.45, 2.75) is 26.2 Å². The van der Waals surface area contributed by atoms with Gasteiger partial charge in [0.05, 0.1) is 0 Å². The molecule has 0 saturated heterocycles. The third-order valence-electron chi connectivity index (χ3n) is 3.75. The number of nitrogen functional groups attached to an aromatic ring is 1. The van der Waals surface area contributed by atoms with Crippen LogP contribution in [-0.2, 0) is 0 Å². The lowest BCUT2D eigenvalue weighted by molar-refractivity contribution is 0.619. The van der Waals surface area contributed by atoms with Crippen molar-refractivity contribution >= 4 is 16.8 Å². The minimum atomic E-state index is 0.538. The van der Waals surface area contributed by atoms with Crippen molar-refractivity contribution in [3.05, 3.63) is 48.0 Å². The molecule has 0 bridgehead atoms. The number of fused-ring (bicyclic) bond motifs is 1. The maximum Gasteiger partial charge on any atom is 0.227 e. The first-order valence-electron chi connectivity index (χ1n) is 6.93. The number of hydrogen-bond donors (Lipinski definition) is 1. The van der Waals surface area contributed by atoms with Crippen LogP contribution in [0.25, 0.3) is 22.6 Å².